The maximum atomic E-state index is 14.1. The van der Waals surface area contributed by atoms with Gasteiger partial charge in [0.05, 0.1) is 12.6 Å². The SMILES string of the molecule is CC(=O)[C@@H]1[C@H](C)[C@@H]2CN1C(=O)[C@H](C(C)(C)C)NC(=O)O[C@@H]1CCC[C@H]1CCCCCc1cn3ccnc3cc1O2. The molecule has 2 aromatic rings. The number of aryl methyl sites for hydroxylation is 1. The lowest BCUT2D eigenvalue weighted by Gasteiger charge is -2.35. The molecule has 0 radical (unpaired) electrons. The summed E-state index contributed by atoms with van der Waals surface area (Å²) < 4.78 is 14.6. The summed E-state index contributed by atoms with van der Waals surface area (Å²) in [5.41, 5.74) is 1.31. The summed E-state index contributed by atoms with van der Waals surface area (Å²) in [7, 11) is 0. The molecule has 1 aliphatic carbocycles. The Hall–Kier alpha value is -3.10. The largest absolute Gasteiger partial charge is 0.488 e. The van der Waals surface area contributed by atoms with Gasteiger partial charge >= 0.3 is 6.09 Å². The second-order valence-corrected chi connectivity index (χ2v) is 13.1. The summed E-state index contributed by atoms with van der Waals surface area (Å²) in [5.74, 6) is 0.510. The third-order valence-corrected chi connectivity index (χ3v) is 9.09. The van der Waals surface area contributed by atoms with E-state index in [-0.39, 0.29) is 36.4 Å². The first kappa shape index (κ1) is 28.4. The first-order chi connectivity index (χ1) is 19.0. The van der Waals surface area contributed by atoms with E-state index in [1.165, 1.54) is 6.92 Å². The van der Waals surface area contributed by atoms with Crippen molar-refractivity contribution >= 4 is 23.4 Å². The van der Waals surface area contributed by atoms with Crippen LogP contribution in [0.15, 0.2) is 24.7 Å². The normalized spacial score (nSPS) is 30.5. The Bertz CT molecular complexity index is 1250. The van der Waals surface area contributed by atoms with Gasteiger partial charge in [0.15, 0.2) is 5.78 Å². The van der Waals surface area contributed by atoms with Crippen molar-refractivity contribution < 1.29 is 23.9 Å². The van der Waals surface area contributed by atoms with Crippen molar-refractivity contribution in [1.29, 1.82) is 0 Å². The number of hydrogen-bond acceptors (Lipinski definition) is 6. The Morgan fingerprint density at radius 2 is 1.82 bits per heavy atom. The maximum Gasteiger partial charge on any atom is 0.408 e. The lowest BCUT2D eigenvalue weighted by molar-refractivity contribution is -0.141. The van der Waals surface area contributed by atoms with E-state index in [0.29, 0.717) is 5.92 Å². The number of pyridine rings is 1. The molecule has 1 saturated carbocycles. The van der Waals surface area contributed by atoms with Gasteiger partial charge in [-0.25, -0.2) is 9.78 Å². The molecule has 9 nitrogen and oxygen atoms in total. The summed E-state index contributed by atoms with van der Waals surface area (Å²) >= 11 is 0. The number of carbonyl (C=O) groups excluding carboxylic acids is 3. The molecule has 2 fully saturated rings. The molecule has 2 aliphatic heterocycles. The highest BCUT2D eigenvalue weighted by Crippen LogP contribution is 2.36. The third kappa shape index (κ3) is 5.84. The molecule has 6 atom stereocenters. The predicted molar refractivity (Wildman–Crippen MR) is 151 cm³/mol. The van der Waals surface area contributed by atoms with Crippen LogP contribution in [0.4, 0.5) is 4.79 Å². The second kappa shape index (κ2) is 11.4. The average molecular weight is 553 g/mol. The molecule has 1 N–H and O–H groups in total. The highest BCUT2D eigenvalue weighted by molar-refractivity contribution is 5.92. The van der Waals surface area contributed by atoms with Crippen LogP contribution in [0.3, 0.4) is 0 Å². The van der Waals surface area contributed by atoms with E-state index >= 15 is 0 Å². The fourth-order valence-corrected chi connectivity index (χ4v) is 6.86. The lowest BCUT2D eigenvalue weighted by atomic mass is 9.85. The number of fused-ring (bicyclic) bond motifs is 5. The van der Waals surface area contributed by atoms with Crippen molar-refractivity contribution in [3.05, 3.63) is 30.2 Å². The average Bonchev–Trinajstić information content (AvgIpc) is 3.60. The van der Waals surface area contributed by atoms with Crippen molar-refractivity contribution in [3.63, 3.8) is 0 Å². The van der Waals surface area contributed by atoms with Gasteiger partial charge in [0.2, 0.25) is 5.91 Å². The van der Waals surface area contributed by atoms with Crippen LogP contribution in [-0.4, -0.2) is 62.9 Å². The zero-order valence-electron chi connectivity index (χ0n) is 24.5. The van der Waals surface area contributed by atoms with E-state index in [1.807, 2.05) is 44.4 Å². The van der Waals surface area contributed by atoms with Crippen LogP contribution in [0, 0.1) is 17.3 Å². The van der Waals surface area contributed by atoms with E-state index in [9.17, 15) is 14.4 Å². The molecule has 3 aliphatic rings. The molecule has 0 unspecified atom stereocenters. The van der Waals surface area contributed by atoms with Gasteiger partial charge in [-0.05, 0) is 56.8 Å². The van der Waals surface area contributed by atoms with Crippen LogP contribution in [-0.2, 0) is 20.7 Å². The number of nitrogens with one attached hydrogen (secondary N) is 1. The first-order valence-corrected chi connectivity index (χ1v) is 14.9. The number of hydrogen-bond donors (Lipinski definition) is 1. The van der Waals surface area contributed by atoms with E-state index in [2.05, 4.69) is 16.5 Å². The predicted octanol–water partition coefficient (Wildman–Crippen LogP) is 4.94. The van der Waals surface area contributed by atoms with Gasteiger partial charge in [-0.15, -0.1) is 0 Å². The smallest absolute Gasteiger partial charge is 0.408 e. The number of amides is 2. The van der Waals surface area contributed by atoms with Gasteiger partial charge in [0.1, 0.15) is 29.6 Å². The zero-order chi connectivity index (χ0) is 28.6. The zero-order valence-corrected chi connectivity index (χ0v) is 24.5. The molecular weight excluding hydrogens is 508 g/mol. The second-order valence-electron chi connectivity index (χ2n) is 13.1. The van der Waals surface area contributed by atoms with Crippen molar-refractivity contribution in [1.82, 2.24) is 19.6 Å². The summed E-state index contributed by atoms with van der Waals surface area (Å²) in [5, 5.41) is 2.90. The monoisotopic (exact) mass is 552 g/mol. The Morgan fingerprint density at radius 3 is 2.58 bits per heavy atom. The molecule has 2 amide bonds. The number of imidazole rings is 1. The molecule has 1 saturated heterocycles. The number of aromatic nitrogens is 2. The van der Waals surface area contributed by atoms with Crippen LogP contribution in [0.1, 0.15) is 85.1 Å². The van der Waals surface area contributed by atoms with Crippen molar-refractivity contribution in [2.45, 2.75) is 110 Å². The molecule has 40 heavy (non-hydrogen) atoms. The van der Waals surface area contributed by atoms with Crippen molar-refractivity contribution in [2.75, 3.05) is 6.54 Å². The van der Waals surface area contributed by atoms with Crippen molar-refractivity contribution in [3.8, 4) is 5.75 Å². The molecule has 2 aromatic heterocycles. The fourth-order valence-electron chi connectivity index (χ4n) is 6.86. The summed E-state index contributed by atoms with van der Waals surface area (Å²) in [4.78, 5) is 46.2. The number of carbonyl (C=O) groups is 3. The minimum absolute atomic E-state index is 0.0918. The van der Waals surface area contributed by atoms with Crippen LogP contribution < -0.4 is 10.1 Å². The standard InChI is InChI=1S/C31H44N4O5/c1-19-25-18-35(27(19)20(2)36)29(37)28(31(3,4)5)33-30(38)40-23-13-9-12-21(23)10-7-6-8-11-22-17-34-15-14-32-26(34)16-24(22)39-25/h14-17,19,21,23,25,27-28H,6-13,18H2,1-5H3,(H,33,38)/t19-,21-,23-,25+,27+,28-/m1/s1. The highest BCUT2D eigenvalue weighted by atomic mass is 16.6. The minimum Gasteiger partial charge on any atom is -0.488 e. The molecule has 4 heterocycles. The Kier molecular flexibility index (Phi) is 8.11. The maximum absolute atomic E-state index is 14.1. The number of ether oxygens (including phenoxy) is 2. The highest BCUT2D eigenvalue weighted by Gasteiger charge is 2.49. The molecular formula is C31H44N4O5. The number of rotatable bonds is 1. The minimum atomic E-state index is -0.844. The summed E-state index contributed by atoms with van der Waals surface area (Å²) in [6.45, 7) is 9.51. The summed E-state index contributed by atoms with van der Waals surface area (Å²) in [6, 6.07) is 0.482. The molecule has 2 bridgehead atoms. The van der Waals surface area contributed by atoms with Crippen LogP contribution >= 0.6 is 0 Å². The summed E-state index contributed by atoms with van der Waals surface area (Å²) in [6.07, 6.45) is 12.8. The van der Waals surface area contributed by atoms with Gasteiger partial charge in [-0.2, -0.15) is 0 Å². The Labute approximate surface area is 237 Å². The molecule has 0 spiro atoms. The van der Waals surface area contributed by atoms with Gasteiger partial charge in [-0.1, -0.05) is 40.5 Å². The Morgan fingerprint density at radius 1 is 1.05 bits per heavy atom. The van der Waals surface area contributed by atoms with E-state index < -0.39 is 23.6 Å². The van der Waals surface area contributed by atoms with Crippen LogP contribution in [0.5, 0.6) is 5.75 Å². The van der Waals surface area contributed by atoms with Gasteiger partial charge in [0.25, 0.3) is 0 Å². The molecule has 218 valence electrons. The molecule has 9 heteroatoms. The number of Topliss-reactive ketones (excluding diaryl/α,β-unsaturated/α-hetero) is 1. The third-order valence-electron chi connectivity index (χ3n) is 9.09. The number of nitrogens with zero attached hydrogens (tertiary/aromatic N) is 3. The van der Waals surface area contributed by atoms with Gasteiger partial charge in [-0.3, -0.25) is 9.59 Å². The number of ketones is 1. The molecule has 0 aromatic carbocycles. The number of alkyl carbamates (subject to hydrolysis) is 1. The topological polar surface area (TPSA) is 102 Å². The first-order valence-electron chi connectivity index (χ1n) is 14.9. The van der Waals surface area contributed by atoms with Gasteiger partial charge in [0, 0.05) is 36.1 Å². The van der Waals surface area contributed by atoms with E-state index in [1.54, 1.807) is 11.1 Å². The Balaban J connectivity index is 1.50. The fraction of sp³-hybridized carbons (Fsp3) is 0.677. The quantitative estimate of drug-likeness (QED) is 0.538. The van der Waals surface area contributed by atoms with Crippen molar-refractivity contribution in [2.24, 2.45) is 17.3 Å². The van der Waals surface area contributed by atoms with E-state index in [0.717, 1.165) is 68.3 Å². The van der Waals surface area contributed by atoms with Crippen LogP contribution in [0.25, 0.3) is 5.65 Å². The molecule has 5 rings (SSSR count). The van der Waals surface area contributed by atoms with E-state index in [4.69, 9.17) is 9.47 Å². The van der Waals surface area contributed by atoms with Crippen LogP contribution in [0.2, 0.25) is 0 Å². The lowest BCUT2D eigenvalue weighted by Crippen LogP contribution is -2.57. The van der Waals surface area contributed by atoms with Gasteiger partial charge < -0.3 is 24.1 Å².